The zero-order valence-corrected chi connectivity index (χ0v) is 23.9. The highest BCUT2D eigenvalue weighted by Crippen LogP contribution is 2.44. The molecule has 7 rings (SSSR count). The number of carbonyl (C=O) groups is 2. The minimum Gasteiger partial charge on any atom is -0.449 e. The molecule has 1 aliphatic rings. The van der Waals surface area contributed by atoms with Crippen LogP contribution < -0.4 is 10.6 Å². The number of aromatic amines is 2. The number of rotatable bonds is 9. The number of H-pyrrole nitrogens is 2. The molecule has 2 heterocycles. The zero-order valence-electron chi connectivity index (χ0n) is 23.9. The SMILES string of the molecule is O=C(CNC(=O)OCC1c2ccccc2-c2ccccc21)N[C@H](Cc1c[nH]c2ccccc12)c1ncc(-c2ccccc2)[nH]1. The molecule has 0 saturated heterocycles. The van der Waals surface area contributed by atoms with E-state index in [2.05, 4.69) is 55.9 Å². The van der Waals surface area contributed by atoms with Crippen LogP contribution in [0, 0.1) is 0 Å². The van der Waals surface area contributed by atoms with E-state index < -0.39 is 12.1 Å². The van der Waals surface area contributed by atoms with Gasteiger partial charge in [-0.2, -0.15) is 0 Å². The van der Waals surface area contributed by atoms with Gasteiger partial charge in [-0.25, -0.2) is 9.78 Å². The second-order valence-corrected chi connectivity index (χ2v) is 10.9. The third-order valence-corrected chi connectivity index (χ3v) is 8.18. The first-order valence-corrected chi connectivity index (χ1v) is 14.7. The standard InChI is InChI=1S/C36H31N5O3/c42-34(21-39-36(43)44-22-30-28-15-6-4-13-26(28)27-14-5-7-16-29(27)30)40-32(18-24-19-37-31-17-9-8-12-25(24)31)35-38-20-33(41-35)23-10-2-1-3-11-23/h1-17,19-20,30,32,37H,18,21-22H2,(H,38,41)(H,39,43)(H,40,42)/t32-/m1/s1. The van der Waals surface area contributed by atoms with Crippen molar-refractivity contribution in [1.82, 2.24) is 25.6 Å². The second-order valence-electron chi connectivity index (χ2n) is 10.9. The third-order valence-electron chi connectivity index (χ3n) is 8.18. The molecule has 6 aromatic rings. The quantitative estimate of drug-likeness (QED) is 0.156. The van der Waals surface area contributed by atoms with Crippen LogP contribution in [-0.2, 0) is 16.0 Å². The van der Waals surface area contributed by atoms with Crippen LogP contribution in [0.5, 0.6) is 0 Å². The average Bonchev–Trinajstić information content (AvgIpc) is 3.80. The van der Waals surface area contributed by atoms with Crippen molar-refractivity contribution in [3.63, 3.8) is 0 Å². The third kappa shape index (κ3) is 5.45. The summed E-state index contributed by atoms with van der Waals surface area (Å²) < 4.78 is 5.61. The van der Waals surface area contributed by atoms with Crippen LogP contribution in [-0.4, -0.2) is 40.1 Å². The van der Waals surface area contributed by atoms with E-state index in [0.717, 1.165) is 50.0 Å². The first-order chi connectivity index (χ1) is 21.6. The Kier molecular flexibility index (Phi) is 7.38. The molecule has 0 bridgehead atoms. The van der Waals surface area contributed by atoms with Crippen molar-refractivity contribution in [3.8, 4) is 22.4 Å². The molecule has 0 fully saturated rings. The molecule has 0 radical (unpaired) electrons. The molecule has 2 aromatic heterocycles. The fourth-order valence-corrected chi connectivity index (χ4v) is 6.06. The van der Waals surface area contributed by atoms with Crippen LogP contribution in [0.3, 0.4) is 0 Å². The van der Waals surface area contributed by atoms with Crippen molar-refractivity contribution < 1.29 is 14.3 Å². The van der Waals surface area contributed by atoms with Gasteiger partial charge in [0.2, 0.25) is 5.91 Å². The predicted octanol–water partition coefficient (Wildman–Crippen LogP) is 6.50. The van der Waals surface area contributed by atoms with E-state index >= 15 is 0 Å². The predicted molar refractivity (Wildman–Crippen MR) is 170 cm³/mol. The molecule has 2 amide bonds. The Morgan fingerprint density at radius 1 is 0.841 bits per heavy atom. The number of hydrogen-bond donors (Lipinski definition) is 4. The van der Waals surface area contributed by atoms with Crippen molar-refractivity contribution in [1.29, 1.82) is 0 Å². The van der Waals surface area contributed by atoms with Gasteiger partial charge < -0.3 is 25.3 Å². The van der Waals surface area contributed by atoms with Gasteiger partial charge in [-0.1, -0.05) is 97.1 Å². The number of aromatic nitrogens is 3. The summed E-state index contributed by atoms with van der Waals surface area (Å²) in [6.45, 7) is -0.0490. The number of fused-ring (bicyclic) bond motifs is 4. The molecular formula is C36H31N5O3. The van der Waals surface area contributed by atoms with Gasteiger partial charge in [0.25, 0.3) is 0 Å². The first kappa shape index (κ1) is 27.2. The summed E-state index contributed by atoms with van der Waals surface area (Å²) in [6.07, 6.45) is 3.59. The van der Waals surface area contributed by atoms with Gasteiger partial charge in [0.1, 0.15) is 19.0 Å². The number of amides is 2. The Bertz CT molecular complexity index is 1900. The summed E-state index contributed by atoms with van der Waals surface area (Å²) in [4.78, 5) is 37.2. The summed E-state index contributed by atoms with van der Waals surface area (Å²) >= 11 is 0. The van der Waals surface area contributed by atoms with Gasteiger partial charge in [-0.3, -0.25) is 4.79 Å². The van der Waals surface area contributed by atoms with Crippen molar-refractivity contribution in [2.24, 2.45) is 0 Å². The summed E-state index contributed by atoms with van der Waals surface area (Å²) in [7, 11) is 0. The van der Waals surface area contributed by atoms with E-state index in [9.17, 15) is 9.59 Å². The first-order valence-electron chi connectivity index (χ1n) is 14.7. The smallest absolute Gasteiger partial charge is 0.407 e. The molecule has 4 N–H and O–H groups in total. The lowest BCUT2D eigenvalue weighted by Gasteiger charge is -2.18. The lowest BCUT2D eigenvalue weighted by Crippen LogP contribution is -2.40. The van der Waals surface area contributed by atoms with Crippen molar-refractivity contribution in [2.45, 2.75) is 18.4 Å². The second kappa shape index (κ2) is 11.9. The Hall–Kier alpha value is -5.63. The van der Waals surface area contributed by atoms with Crippen LogP contribution in [0.25, 0.3) is 33.3 Å². The minimum atomic E-state index is -0.639. The number of ether oxygens (including phenoxy) is 1. The molecule has 44 heavy (non-hydrogen) atoms. The fraction of sp³-hybridized carbons (Fsp3) is 0.139. The number of nitrogens with one attached hydrogen (secondary N) is 4. The number of imidazole rings is 1. The summed E-state index contributed by atoms with van der Waals surface area (Å²) in [5, 5.41) is 6.77. The van der Waals surface area contributed by atoms with Crippen LogP contribution in [0.2, 0.25) is 0 Å². The highest BCUT2D eigenvalue weighted by molar-refractivity contribution is 5.84. The topological polar surface area (TPSA) is 112 Å². The molecule has 8 nitrogen and oxygen atoms in total. The number of nitrogens with zero attached hydrogens (tertiary/aromatic N) is 1. The molecule has 218 valence electrons. The molecule has 0 unspecified atom stereocenters. The maximum absolute atomic E-state index is 13.2. The molecular weight excluding hydrogens is 550 g/mol. The Morgan fingerprint density at radius 3 is 2.30 bits per heavy atom. The van der Waals surface area contributed by atoms with E-state index in [4.69, 9.17) is 4.74 Å². The van der Waals surface area contributed by atoms with Crippen LogP contribution in [0.15, 0.2) is 116 Å². The Labute approximate surface area is 254 Å². The van der Waals surface area contributed by atoms with Crippen LogP contribution in [0.4, 0.5) is 4.79 Å². The normalized spacial score (nSPS) is 12.8. The average molecular weight is 582 g/mol. The number of benzene rings is 4. The lowest BCUT2D eigenvalue weighted by molar-refractivity contribution is -0.121. The van der Waals surface area contributed by atoms with E-state index in [1.54, 1.807) is 6.20 Å². The molecule has 0 saturated carbocycles. The Morgan fingerprint density at radius 2 is 1.52 bits per heavy atom. The number of para-hydroxylation sites is 1. The molecule has 1 atom stereocenters. The largest absolute Gasteiger partial charge is 0.449 e. The van der Waals surface area contributed by atoms with Crippen LogP contribution >= 0.6 is 0 Å². The fourth-order valence-electron chi connectivity index (χ4n) is 6.06. The highest BCUT2D eigenvalue weighted by Gasteiger charge is 2.29. The van der Waals surface area contributed by atoms with Gasteiger partial charge in [-0.05, 0) is 39.4 Å². The van der Waals surface area contributed by atoms with Crippen LogP contribution in [0.1, 0.15) is 34.5 Å². The van der Waals surface area contributed by atoms with Crippen molar-refractivity contribution in [3.05, 3.63) is 138 Å². The van der Waals surface area contributed by atoms with Crippen molar-refractivity contribution in [2.75, 3.05) is 13.2 Å². The van der Waals surface area contributed by atoms with Gasteiger partial charge in [0.15, 0.2) is 0 Å². The maximum Gasteiger partial charge on any atom is 0.407 e. The van der Waals surface area contributed by atoms with Gasteiger partial charge in [-0.15, -0.1) is 0 Å². The summed E-state index contributed by atoms with van der Waals surface area (Å²) in [5.41, 5.74) is 8.51. The monoisotopic (exact) mass is 581 g/mol. The number of hydrogen-bond acceptors (Lipinski definition) is 4. The van der Waals surface area contributed by atoms with Gasteiger partial charge >= 0.3 is 6.09 Å². The van der Waals surface area contributed by atoms with E-state index in [0.29, 0.717) is 12.2 Å². The summed E-state index contributed by atoms with van der Waals surface area (Å²) in [6, 6.07) is 33.8. The van der Waals surface area contributed by atoms with Gasteiger partial charge in [0, 0.05) is 29.4 Å². The summed E-state index contributed by atoms with van der Waals surface area (Å²) in [5.74, 6) is 0.227. The Balaban J connectivity index is 1.02. The minimum absolute atomic E-state index is 0.0553. The van der Waals surface area contributed by atoms with E-state index in [1.807, 2.05) is 79.0 Å². The molecule has 0 spiro atoms. The van der Waals surface area contributed by atoms with Crippen molar-refractivity contribution >= 4 is 22.9 Å². The molecule has 0 aliphatic heterocycles. The maximum atomic E-state index is 13.2. The molecule has 4 aromatic carbocycles. The molecule has 1 aliphatic carbocycles. The number of alkyl carbamates (subject to hydrolysis) is 1. The van der Waals surface area contributed by atoms with E-state index in [-0.39, 0.29) is 25.0 Å². The molecule has 8 heteroatoms. The zero-order chi connectivity index (χ0) is 29.9. The lowest BCUT2D eigenvalue weighted by atomic mass is 9.98. The van der Waals surface area contributed by atoms with Gasteiger partial charge in [0.05, 0.1) is 17.9 Å². The number of carbonyl (C=O) groups excluding carboxylic acids is 2. The van der Waals surface area contributed by atoms with E-state index in [1.165, 1.54) is 0 Å². The highest BCUT2D eigenvalue weighted by atomic mass is 16.5.